The summed E-state index contributed by atoms with van der Waals surface area (Å²) in [6.45, 7) is 3.72. The number of likely N-dealkylation sites (tertiary alicyclic amines) is 2. The number of ether oxygens (including phenoxy) is 1. The van der Waals surface area contributed by atoms with E-state index in [1.807, 2.05) is 23.9 Å². The van der Waals surface area contributed by atoms with Crippen LogP contribution in [0.15, 0.2) is 0 Å². The second-order valence-corrected chi connectivity index (χ2v) is 6.33. The molecular weight excluding hydrogens is 270 g/mol. The summed E-state index contributed by atoms with van der Waals surface area (Å²) in [6, 6.07) is 0. The highest BCUT2D eigenvalue weighted by Gasteiger charge is 2.38. The van der Waals surface area contributed by atoms with E-state index in [2.05, 4.69) is 4.90 Å². The van der Waals surface area contributed by atoms with Gasteiger partial charge >= 0.3 is 0 Å². The molecule has 2 rings (SSSR count). The summed E-state index contributed by atoms with van der Waals surface area (Å²) in [7, 11) is 5.74. The van der Waals surface area contributed by atoms with E-state index in [4.69, 9.17) is 4.74 Å². The zero-order chi connectivity index (χ0) is 15.4. The summed E-state index contributed by atoms with van der Waals surface area (Å²) in [6.07, 6.45) is 2.38. The van der Waals surface area contributed by atoms with Crippen LogP contribution in [0.3, 0.4) is 0 Å². The zero-order valence-corrected chi connectivity index (χ0v) is 13.4. The second kappa shape index (κ2) is 7.22. The molecule has 2 atom stereocenters. The lowest BCUT2D eigenvalue weighted by Gasteiger charge is -2.21. The first-order valence-corrected chi connectivity index (χ1v) is 7.75. The molecule has 0 aromatic heterocycles. The van der Waals surface area contributed by atoms with E-state index < -0.39 is 0 Å². The average Bonchev–Trinajstić information content (AvgIpc) is 3.05. The molecular formula is C15H27N3O3. The van der Waals surface area contributed by atoms with Crippen LogP contribution in [0.1, 0.15) is 19.3 Å². The average molecular weight is 297 g/mol. The van der Waals surface area contributed by atoms with Crippen molar-refractivity contribution in [3.8, 4) is 0 Å². The Morgan fingerprint density at radius 2 is 2.14 bits per heavy atom. The maximum absolute atomic E-state index is 12.5. The summed E-state index contributed by atoms with van der Waals surface area (Å²) < 4.78 is 5.30. The van der Waals surface area contributed by atoms with Crippen molar-refractivity contribution in [2.24, 2.45) is 5.92 Å². The molecule has 0 aromatic rings. The molecule has 2 fully saturated rings. The van der Waals surface area contributed by atoms with Crippen LogP contribution in [0.25, 0.3) is 0 Å². The molecule has 2 saturated heterocycles. The van der Waals surface area contributed by atoms with Gasteiger partial charge in [-0.1, -0.05) is 0 Å². The third-order valence-corrected chi connectivity index (χ3v) is 4.39. The van der Waals surface area contributed by atoms with Gasteiger partial charge in [0.15, 0.2) is 0 Å². The van der Waals surface area contributed by atoms with Gasteiger partial charge in [0.05, 0.1) is 12.0 Å². The molecule has 21 heavy (non-hydrogen) atoms. The number of nitrogens with zero attached hydrogens (tertiary/aromatic N) is 3. The summed E-state index contributed by atoms with van der Waals surface area (Å²) in [5.41, 5.74) is 0. The molecule has 0 aromatic carbocycles. The maximum Gasteiger partial charge on any atom is 0.228 e. The van der Waals surface area contributed by atoms with Crippen molar-refractivity contribution in [1.29, 1.82) is 0 Å². The molecule has 0 saturated carbocycles. The van der Waals surface area contributed by atoms with Gasteiger partial charge in [-0.2, -0.15) is 0 Å². The Balaban J connectivity index is 1.80. The normalized spacial score (nSPS) is 26.2. The van der Waals surface area contributed by atoms with E-state index in [9.17, 15) is 9.59 Å². The van der Waals surface area contributed by atoms with Gasteiger partial charge in [-0.05, 0) is 33.5 Å². The minimum absolute atomic E-state index is 0.120. The van der Waals surface area contributed by atoms with E-state index in [1.54, 1.807) is 7.11 Å². The SMILES string of the molecule is COC1CCN(C(=O)C2CC(=O)N(CCCN(C)C)C2)C1. The standard InChI is InChI=1S/C15H27N3O3/c1-16(2)6-4-7-17-10-12(9-14(17)19)15(20)18-8-5-13(11-18)21-3/h12-13H,4-11H2,1-3H3. The second-order valence-electron chi connectivity index (χ2n) is 6.33. The molecule has 120 valence electrons. The summed E-state index contributed by atoms with van der Waals surface area (Å²) in [5, 5.41) is 0. The molecule has 6 heteroatoms. The van der Waals surface area contributed by atoms with Gasteiger partial charge in [-0.25, -0.2) is 0 Å². The number of hydrogen-bond acceptors (Lipinski definition) is 4. The van der Waals surface area contributed by atoms with Crippen LogP contribution >= 0.6 is 0 Å². The van der Waals surface area contributed by atoms with Gasteiger partial charge in [-0.15, -0.1) is 0 Å². The predicted molar refractivity (Wildman–Crippen MR) is 79.9 cm³/mol. The van der Waals surface area contributed by atoms with Crippen LogP contribution in [-0.2, 0) is 14.3 Å². The van der Waals surface area contributed by atoms with Crippen molar-refractivity contribution in [3.05, 3.63) is 0 Å². The fourth-order valence-electron chi connectivity index (χ4n) is 3.11. The smallest absolute Gasteiger partial charge is 0.228 e. The van der Waals surface area contributed by atoms with Crippen LogP contribution < -0.4 is 0 Å². The Kier molecular flexibility index (Phi) is 5.58. The molecule has 2 unspecified atom stereocenters. The molecule has 2 heterocycles. The highest BCUT2D eigenvalue weighted by molar-refractivity contribution is 5.89. The summed E-state index contributed by atoms with van der Waals surface area (Å²) in [4.78, 5) is 30.3. The lowest BCUT2D eigenvalue weighted by atomic mass is 10.1. The van der Waals surface area contributed by atoms with Gasteiger partial charge in [-0.3, -0.25) is 9.59 Å². The van der Waals surface area contributed by atoms with Gasteiger partial charge in [0.25, 0.3) is 0 Å². The summed E-state index contributed by atoms with van der Waals surface area (Å²) in [5.74, 6) is 0.0834. The highest BCUT2D eigenvalue weighted by atomic mass is 16.5. The number of carbonyl (C=O) groups excluding carboxylic acids is 2. The van der Waals surface area contributed by atoms with E-state index in [0.29, 0.717) is 19.5 Å². The van der Waals surface area contributed by atoms with E-state index in [1.165, 1.54) is 0 Å². The summed E-state index contributed by atoms with van der Waals surface area (Å²) >= 11 is 0. The first kappa shape index (κ1) is 16.2. The van der Waals surface area contributed by atoms with Crippen LogP contribution in [0.5, 0.6) is 0 Å². The van der Waals surface area contributed by atoms with Crippen LogP contribution in [-0.4, -0.2) is 86.5 Å². The molecule has 2 aliphatic rings. The maximum atomic E-state index is 12.5. The molecule has 0 spiro atoms. The molecule has 0 aliphatic carbocycles. The van der Waals surface area contributed by atoms with E-state index in [-0.39, 0.29) is 23.8 Å². The number of amides is 2. The first-order valence-electron chi connectivity index (χ1n) is 7.75. The Bertz CT molecular complexity index is 386. The first-order chi connectivity index (χ1) is 10.0. The van der Waals surface area contributed by atoms with E-state index >= 15 is 0 Å². The molecule has 0 N–H and O–H groups in total. The quantitative estimate of drug-likeness (QED) is 0.694. The number of carbonyl (C=O) groups is 2. The molecule has 2 aliphatic heterocycles. The van der Waals surface area contributed by atoms with Crippen molar-refractivity contribution >= 4 is 11.8 Å². The Morgan fingerprint density at radius 3 is 2.76 bits per heavy atom. The number of rotatable bonds is 6. The Morgan fingerprint density at radius 1 is 1.38 bits per heavy atom. The number of hydrogen-bond donors (Lipinski definition) is 0. The Labute approximate surface area is 127 Å². The van der Waals surface area contributed by atoms with Gasteiger partial charge < -0.3 is 19.4 Å². The Hall–Kier alpha value is -1.14. The van der Waals surface area contributed by atoms with Crippen molar-refractivity contribution in [1.82, 2.24) is 14.7 Å². The zero-order valence-electron chi connectivity index (χ0n) is 13.4. The monoisotopic (exact) mass is 297 g/mol. The third kappa shape index (κ3) is 4.17. The van der Waals surface area contributed by atoms with Crippen molar-refractivity contribution in [2.75, 3.05) is 53.9 Å². The largest absolute Gasteiger partial charge is 0.380 e. The van der Waals surface area contributed by atoms with Crippen LogP contribution in [0, 0.1) is 5.92 Å². The lowest BCUT2D eigenvalue weighted by Crippen LogP contribution is -2.37. The topological polar surface area (TPSA) is 53.1 Å². The van der Waals surface area contributed by atoms with Gasteiger partial charge in [0.1, 0.15) is 0 Å². The third-order valence-electron chi connectivity index (χ3n) is 4.39. The van der Waals surface area contributed by atoms with Crippen LogP contribution in [0.2, 0.25) is 0 Å². The van der Waals surface area contributed by atoms with E-state index in [0.717, 1.165) is 32.5 Å². The molecule has 6 nitrogen and oxygen atoms in total. The predicted octanol–water partition coefficient (Wildman–Crippen LogP) is 0.0339. The van der Waals surface area contributed by atoms with Crippen LogP contribution in [0.4, 0.5) is 0 Å². The van der Waals surface area contributed by atoms with Crippen molar-refractivity contribution in [3.63, 3.8) is 0 Å². The van der Waals surface area contributed by atoms with Gasteiger partial charge in [0.2, 0.25) is 11.8 Å². The lowest BCUT2D eigenvalue weighted by molar-refractivity contribution is -0.135. The number of methoxy groups -OCH3 is 1. The molecule has 0 bridgehead atoms. The van der Waals surface area contributed by atoms with Gasteiger partial charge in [0, 0.05) is 39.7 Å². The van der Waals surface area contributed by atoms with Crippen molar-refractivity contribution < 1.29 is 14.3 Å². The molecule has 2 amide bonds. The molecule has 0 radical (unpaired) electrons. The van der Waals surface area contributed by atoms with Crippen molar-refractivity contribution in [2.45, 2.75) is 25.4 Å². The highest BCUT2D eigenvalue weighted by Crippen LogP contribution is 2.23. The minimum Gasteiger partial charge on any atom is -0.380 e. The fraction of sp³-hybridized carbons (Fsp3) is 0.867. The minimum atomic E-state index is -0.160. The fourth-order valence-corrected chi connectivity index (χ4v) is 3.11.